The van der Waals surface area contributed by atoms with Gasteiger partial charge in [0.15, 0.2) is 0 Å². The lowest BCUT2D eigenvalue weighted by molar-refractivity contribution is -0.243. The number of carbonyl (C=O) groups is 1. The van der Waals surface area contributed by atoms with Gasteiger partial charge in [-0.1, -0.05) is 51.1 Å². The van der Waals surface area contributed by atoms with Crippen LogP contribution in [0.15, 0.2) is 30.3 Å². The van der Waals surface area contributed by atoms with Crippen molar-refractivity contribution < 1.29 is 14.3 Å². The molecule has 0 aromatic heterocycles. The number of hydrogen-bond donors (Lipinski definition) is 0. The normalized spacial score (nSPS) is 24.1. The predicted molar refractivity (Wildman–Crippen MR) is 73.6 cm³/mol. The molecule has 0 amide bonds. The van der Waals surface area contributed by atoms with Gasteiger partial charge in [0.05, 0.1) is 12.5 Å². The summed E-state index contributed by atoms with van der Waals surface area (Å²) in [6.07, 6.45) is 1.67. The highest BCUT2D eigenvalue weighted by molar-refractivity contribution is 5.70. The van der Waals surface area contributed by atoms with E-state index in [1.807, 2.05) is 39.0 Å². The number of ether oxygens (including phenoxy) is 2. The van der Waals surface area contributed by atoms with E-state index < -0.39 is 6.29 Å². The molecule has 0 spiro atoms. The van der Waals surface area contributed by atoms with Crippen molar-refractivity contribution in [3.8, 4) is 0 Å². The average Bonchev–Trinajstić information content (AvgIpc) is 2.36. The quantitative estimate of drug-likeness (QED) is 0.784. The third-order valence-electron chi connectivity index (χ3n) is 3.25. The van der Waals surface area contributed by atoms with Crippen LogP contribution in [0.25, 0.3) is 0 Å². The molecular weight excluding hydrogens is 240 g/mol. The van der Waals surface area contributed by atoms with Crippen molar-refractivity contribution in [1.29, 1.82) is 0 Å². The summed E-state index contributed by atoms with van der Waals surface area (Å²) in [5, 5.41) is 0. The van der Waals surface area contributed by atoms with Gasteiger partial charge in [-0.15, -0.1) is 0 Å². The Hall–Kier alpha value is -1.35. The first-order valence-electron chi connectivity index (χ1n) is 6.84. The molecule has 0 bridgehead atoms. The van der Waals surface area contributed by atoms with Crippen molar-refractivity contribution in [1.82, 2.24) is 0 Å². The second-order valence-electron chi connectivity index (χ2n) is 6.17. The summed E-state index contributed by atoms with van der Waals surface area (Å²) >= 11 is 0. The molecule has 1 heterocycles. The predicted octanol–water partition coefficient (Wildman–Crippen LogP) is 3.32. The highest BCUT2D eigenvalue weighted by atomic mass is 16.7. The van der Waals surface area contributed by atoms with Crippen molar-refractivity contribution in [2.24, 2.45) is 5.41 Å². The Morgan fingerprint density at radius 2 is 1.89 bits per heavy atom. The van der Waals surface area contributed by atoms with E-state index in [2.05, 4.69) is 12.1 Å². The fourth-order valence-corrected chi connectivity index (χ4v) is 2.13. The van der Waals surface area contributed by atoms with Gasteiger partial charge < -0.3 is 9.47 Å². The minimum absolute atomic E-state index is 0.0364. The smallest absolute Gasteiger partial charge is 0.310 e. The second kappa shape index (κ2) is 5.74. The zero-order valence-corrected chi connectivity index (χ0v) is 11.9. The van der Waals surface area contributed by atoms with Gasteiger partial charge >= 0.3 is 5.97 Å². The van der Waals surface area contributed by atoms with E-state index in [0.717, 1.165) is 12.8 Å². The first-order valence-corrected chi connectivity index (χ1v) is 6.84. The lowest BCUT2D eigenvalue weighted by Crippen LogP contribution is -2.43. The summed E-state index contributed by atoms with van der Waals surface area (Å²) in [7, 11) is 0. The molecule has 0 saturated carbocycles. The van der Waals surface area contributed by atoms with E-state index in [4.69, 9.17) is 9.47 Å². The fraction of sp³-hybridized carbons (Fsp3) is 0.562. The van der Waals surface area contributed by atoms with Crippen LogP contribution in [0.5, 0.6) is 0 Å². The minimum atomic E-state index is -0.436. The zero-order valence-electron chi connectivity index (χ0n) is 11.9. The van der Waals surface area contributed by atoms with E-state index >= 15 is 0 Å². The molecule has 0 radical (unpaired) electrons. The Morgan fingerprint density at radius 1 is 1.21 bits per heavy atom. The van der Waals surface area contributed by atoms with Gasteiger partial charge in [0.25, 0.3) is 0 Å². The first-order chi connectivity index (χ1) is 8.95. The van der Waals surface area contributed by atoms with E-state index in [1.165, 1.54) is 5.56 Å². The van der Waals surface area contributed by atoms with Gasteiger partial charge in [0, 0.05) is 5.41 Å². The van der Waals surface area contributed by atoms with Gasteiger partial charge in [0.2, 0.25) is 6.29 Å². The van der Waals surface area contributed by atoms with Gasteiger partial charge in [-0.25, -0.2) is 0 Å². The average molecular weight is 262 g/mol. The number of esters is 1. The third kappa shape index (κ3) is 4.06. The van der Waals surface area contributed by atoms with Crippen LogP contribution < -0.4 is 0 Å². The Bertz CT molecular complexity index is 419. The SMILES string of the molecule is CC(C)(C)[C@H]1OC(=O)C[C@@H](CCc2ccccc2)O1. The van der Waals surface area contributed by atoms with Crippen LogP contribution in [0.3, 0.4) is 0 Å². The molecule has 1 aromatic rings. The largest absolute Gasteiger partial charge is 0.435 e. The Labute approximate surface area is 114 Å². The van der Waals surface area contributed by atoms with Crippen molar-refractivity contribution in [3.05, 3.63) is 35.9 Å². The van der Waals surface area contributed by atoms with Crippen LogP contribution in [-0.2, 0) is 20.7 Å². The molecule has 2 rings (SSSR count). The summed E-state index contributed by atoms with van der Waals surface area (Å²) in [5.74, 6) is -0.149. The molecule has 1 saturated heterocycles. The summed E-state index contributed by atoms with van der Waals surface area (Å²) < 4.78 is 11.2. The Balaban J connectivity index is 1.91. The van der Waals surface area contributed by atoms with E-state index in [1.54, 1.807) is 0 Å². The van der Waals surface area contributed by atoms with E-state index in [0.29, 0.717) is 6.42 Å². The van der Waals surface area contributed by atoms with Crippen LogP contribution in [0.4, 0.5) is 0 Å². The zero-order chi connectivity index (χ0) is 13.9. The molecular formula is C16H22O3. The monoisotopic (exact) mass is 262 g/mol. The lowest BCUT2D eigenvalue weighted by atomic mass is 9.94. The maximum absolute atomic E-state index is 11.6. The molecule has 19 heavy (non-hydrogen) atoms. The molecule has 1 aromatic carbocycles. The number of benzene rings is 1. The molecule has 104 valence electrons. The molecule has 0 unspecified atom stereocenters. The first kappa shape index (κ1) is 14.1. The number of hydrogen-bond acceptors (Lipinski definition) is 3. The van der Waals surface area contributed by atoms with Crippen LogP contribution >= 0.6 is 0 Å². The number of rotatable bonds is 3. The molecule has 0 N–H and O–H groups in total. The second-order valence-corrected chi connectivity index (χ2v) is 6.17. The lowest BCUT2D eigenvalue weighted by Gasteiger charge is -2.36. The molecule has 2 atom stereocenters. The topological polar surface area (TPSA) is 35.5 Å². The van der Waals surface area contributed by atoms with Gasteiger partial charge in [-0.05, 0) is 18.4 Å². The molecule has 0 aliphatic carbocycles. The third-order valence-corrected chi connectivity index (χ3v) is 3.25. The van der Waals surface area contributed by atoms with Crippen LogP contribution in [0, 0.1) is 5.41 Å². The minimum Gasteiger partial charge on any atom is -0.435 e. The fourth-order valence-electron chi connectivity index (χ4n) is 2.13. The summed E-state index contributed by atoms with van der Waals surface area (Å²) in [6, 6.07) is 10.3. The van der Waals surface area contributed by atoms with E-state index in [9.17, 15) is 4.79 Å². The maximum Gasteiger partial charge on any atom is 0.310 e. The molecule has 1 aliphatic heterocycles. The highest BCUT2D eigenvalue weighted by Crippen LogP contribution is 2.30. The number of carbonyl (C=O) groups excluding carboxylic acids is 1. The van der Waals surface area contributed by atoms with Crippen LogP contribution in [0.2, 0.25) is 0 Å². The van der Waals surface area contributed by atoms with Crippen LogP contribution in [-0.4, -0.2) is 18.4 Å². The van der Waals surface area contributed by atoms with Crippen molar-refractivity contribution in [2.75, 3.05) is 0 Å². The molecule has 1 aliphatic rings. The van der Waals surface area contributed by atoms with Gasteiger partial charge in [0.1, 0.15) is 0 Å². The molecule has 3 nitrogen and oxygen atoms in total. The summed E-state index contributed by atoms with van der Waals surface area (Å²) in [5.41, 5.74) is 1.10. The van der Waals surface area contributed by atoms with Crippen LogP contribution in [0.1, 0.15) is 39.2 Å². The van der Waals surface area contributed by atoms with Gasteiger partial charge in [-0.2, -0.15) is 0 Å². The molecule has 3 heteroatoms. The standard InChI is InChI=1S/C16H22O3/c1-16(2,3)15-18-13(11-14(17)19-15)10-9-12-7-5-4-6-8-12/h4-8,13,15H,9-11H2,1-3H3/t13-,15-/m1/s1. The van der Waals surface area contributed by atoms with Gasteiger partial charge in [-0.3, -0.25) is 4.79 Å². The molecule has 1 fully saturated rings. The number of aryl methyl sites for hydroxylation is 1. The summed E-state index contributed by atoms with van der Waals surface area (Å²) in [4.78, 5) is 11.6. The van der Waals surface area contributed by atoms with Crippen molar-refractivity contribution in [3.63, 3.8) is 0 Å². The number of cyclic esters (lactones) is 1. The Kier molecular flexibility index (Phi) is 4.25. The summed E-state index contributed by atoms with van der Waals surface area (Å²) in [6.45, 7) is 6.06. The Morgan fingerprint density at radius 3 is 2.53 bits per heavy atom. The maximum atomic E-state index is 11.6. The van der Waals surface area contributed by atoms with Crippen molar-refractivity contribution >= 4 is 5.97 Å². The van der Waals surface area contributed by atoms with E-state index in [-0.39, 0.29) is 17.5 Å². The van der Waals surface area contributed by atoms with Crippen molar-refractivity contribution in [2.45, 2.75) is 52.4 Å². The highest BCUT2D eigenvalue weighted by Gasteiger charge is 2.36.